The van der Waals surface area contributed by atoms with Crippen molar-refractivity contribution in [1.29, 1.82) is 0 Å². The summed E-state index contributed by atoms with van der Waals surface area (Å²) in [6.45, 7) is 10.2. The Hall–Kier alpha value is -2.97. The maximum absolute atomic E-state index is 7.57. The first-order valence-corrected chi connectivity index (χ1v) is 8.39. The van der Waals surface area contributed by atoms with Gasteiger partial charge in [-0.25, -0.2) is 9.47 Å². The lowest BCUT2D eigenvalue weighted by atomic mass is 10.1. The van der Waals surface area contributed by atoms with E-state index >= 15 is 0 Å². The third-order valence-corrected chi connectivity index (χ3v) is 4.68. The smallest absolute Gasteiger partial charge is 0.214 e. The number of hydrogen-bond donors (Lipinski definition) is 2. The number of aromatic nitrogens is 4. The molecule has 1 aliphatic heterocycles. The molecule has 0 radical (unpaired) electrons. The molecule has 3 heterocycles. The fourth-order valence-corrected chi connectivity index (χ4v) is 3.29. The zero-order valence-corrected chi connectivity index (χ0v) is 14.1. The van der Waals surface area contributed by atoms with Crippen LogP contribution in [0.3, 0.4) is 0 Å². The summed E-state index contributed by atoms with van der Waals surface area (Å²) in [5.74, 6) is 0. The van der Waals surface area contributed by atoms with Crippen LogP contribution in [0.4, 0.5) is 27.3 Å². The molecule has 4 rings (SSSR count). The van der Waals surface area contributed by atoms with Gasteiger partial charge in [0, 0.05) is 20.1 Å². The second-order valence-corrected chi connectivity index (χ2v) is 6.23. The highest BCUT2D eigenvalue weighted by atomic mass is 32.1. The molecule has 0 unspecified atom stereocenters. The lowest BCUT2D eigenvalue weighted by molar-refractivity contribution is 0.123. The molecule has 0 bridgehead atoms. The summed E-state index contributed by atoms with van der Waals surface area (Å²) in [7, 11) is 1.78. The molecule has 11 heteroatoms. The summed E-state index contributed by atoms with van der Waals surface area (Å²) in [4.78, 5) is 5.75. The lowest BCUT2D eigenvalue weighted by Gasteiger charge is -2.29. The van der Waals surface area contributed by atoms with Crippen LogP contribution in [0.1, 0.15) is 0 Å². The topological polar surface area (TPSA) is 106 Å². The van der Waals surface area contributed by atoms with Crippen LogP contribution in [-0.4, -0.2) is 53.9 Å². The second-order valence-electron chi connectivity index (χ2n) is 5.25. The Labute approximate surface area is 146 Å². The van der Waals surface area contributed by atoms with Gasteiger partial charge < -0.3 is 20.3 Å². The molecule has 128 valence electrons. The molecule has 2 aromatic heterocycles. The first-order chi connectivity index (χ1) is 12.3. The minimum absolute atomic E-state index is 0.478. The van der Waals surface area contributed by atoms with Crippen molar-refractivity contribution in [2.75, 3.05) is 48.9 Å². The van der Waals surface area contributed by atoms with Gasteiger partial charge >= 0.3 is 0 Å². The predicted octanol–water partition coefficient (Wildman–Crippen LogP) is 2.25. The quantitative estimate of drug-likeness (QED) is 0.679. The van der Waals surface area contributed by atoms with Gasteiger partial charge in [0.1, 0.15) is 5.52 Å². The molecule has 1 aliphatic rings. The largest absolute Gasteiger partial charge is 0.378 e. The Balaban J connectivity index is 1.78. The Morgan fingerprint density at radius 3 is 2.68 bits per heavy atom. The molecular formula is C14H14N8O2S. The normalized spacial score (nSPS) is 14.5. The van der Waals surface area contributed by atoms with Gasteiger partial charge in [0.15, 0.2) is 5.52 Å². The van der Waals surface area contributed by atoms with Crippen LogP contribution in [0.5, 0.6) is 0 Å². The van der Waals surface area contributed by atoms with Crippen molar-refractivity contribution in [3.8, 4) is 0 Å². The molecule has 0 spiro atoms. The molecule has 0 aliphatic carbocycles. The van der Waals surface area contributed by atoms with Crippen LogP contribution >= 0.6 is 11.3 Å². The van der Waals surface area contributed by atoms with E-state index in [2.05, 4.69) is 40.9 Å². The van der Waals surface area contributed by atoms with Gasteiger partial charge in [0.2, 0.25) is 16.0 Å². The monoisotopic (exact) mass is 358 g/mol. The average Bonchev–Trinajstić information content (AvgIpc) is 3.31. The molecule has 25 heavy (non-hydrogen) atoms. The second kappa shape index (κ2) is 6.50. The summed E-state index contributed by atoms with van der Waals surface area (Å²) in [6, 6.07) is 1.74. The summed E-state index contributed by atoms with van der Waals surface area (Å²) < 4.78 is 10.3. The van der Waals surface area contributed by atoms with Gasteiger partial charge in [-0.1, -0.05) is 11.3 Å². The minimum Gasteiger partial charge on any atom is -0.378 e. The number of ether oxygens (including phenoxy) is 1. The number of hydrogen-bond acceptors (Lipinski definition) is 10. The Bertz CT molecular complexity index is 940. The van der Waals surface area contributed by atoms with Crippen molar-refractivity contribution in [2.24, 2.45) is 0 Å². The van der Waals surface area contributed by atoms with E-state index in [1.54, 1.807) is 13.1 Å². The van der Waals surface area contributed by atoms with Crippen LogP contribution in [0.2, 0.25) is 0 Å². The third kappa shape index (κ3) is 2.81. The highest BCUT2D eigenvalue weighted by Crippen LogP contribution is 2.41. The van der Waals surface area contributed by atoms with E-state index in [9.17, 15) is 0 Å². The fraction of sp³-hybridized carbons (Fsp3) is 0.357. The van der Waals surface area contributed by atoms with Crippen LogP contribution in [0.25, 0.3) is 15.9 Å². The number of fused-ring (bicyclic) bond motifs is 1. The summed E-state index contributed by atoms with van der Waals surface area (Å²) in [6.07, 6.45) is 0. The number of morpholine rings is 1. The number of rotatable bonds is 4. The van der Waals surface area contributed by atoms with Gasteiger partial charge in [-0.3, -0.25) is 0 Å². The number of nitrogens with zero attached hydrogens (tertiary/aromatic N) is 6. The lowest BCUT2D eigenvalue weighted by Crippen LogP contribution is -2.36. The van der Waals surface area contributed by atoms with E-state index in [1.165, 1.54) is 11.3 Å². The molecule has 1 fully saturated rings. The zero-order valence-electron chi connectivity index (χ0n) is 13.3. The summed E-state index contributed by atoms with van der Waals surface area (Å²) in [5.41, 5.74) is 2.92. The standard InChI is InChI=1S/C14H14N8O2S/c1-15-9-7-8(17-14-19-18-13(16-2)25-14)10-11(21-24-20-10)12(9)22-3-5-23-6-4-22/h7H,3-6H2,2H3,(H,16,18)(H,17,19). The highest BCUT2D eigenvalue weighted by molar-refractivity contribution is 7.19. The maximum atomic E-state index is 7.57. The molecule has 0 amide bonds. The van der Waals surface area contributed by atoms with E-state index in [-0.39, 0.29) is 0 Å². The molecular weight excluding hydrogens is 344 g/mol. The average molecular weight is 358 g/mol. The van der Waals surface area contributed by atoms with Crippen molar-refractivity contribution in [3.05, 3.63) is 17.5 Å². The molecule has 10 nitrogen and oxygen atoms in total. The Morgan fingerprint density at radius 1 is 1.20 bits per heavy atom. The summed E-state index contributed by atoms with van der Waals surface area (Å²) >= 11 is 1.36. The van der Waals surface area contributed by atoms with Gasteiger partial charge in [0.25, 0.3) is 0 Å². The van der Waals surface area contributed by atoms with Crippen molar-refractivity contribution < 1.29 is 9.37 Å². The van der Waals surface area contributed by atoms with Crippen LogP contribution in [0, 0.1) is 6.57 Å². The molecule has 0 saturated carbocycles. The van der Waals surface area contributed by atoms with E-state index in [0.717, 1.165) is 5.69 Å². The van der Waals surface area contributed by atoms with Crippen LogP contribution in [-0.2, 0) is 4.74 Å². The SMILES string of the molecule is [C-]#[N+]c1cc(Nc2nnc(NC)s2)c2nonc2c1N1CCOCC1. The Kier molecular flexibility index (Phi) is 4.04. The van der Waals surface area contributed by atoms with E-state index in [1.807, 2.05) is 0 Å². The van der Waals surface area contributed by atoms with E-state index < -0.39 is 0 Å². The molecule has 0 atom stereocenters. The van der Waals surface area contributed by atoms with Crippen molar-refractivity contribution in [1.82, 2.24) is 20.5 Å². The van der Waals surface area contributed by atoms with Crippen LogP contribution < -0.4 is 15.5 Å². The van der Waals surface area contributed by atoms with Crippen molar-refractivity contribution >= 4 is 49.7 Å². The van der Waals surface area contributed by atoms with Crippen molar-refractivity contribution in [3.63, 3.8) is 0 Å². The number of nitrogens with one attached hydrogen (secondary N) is 2. The number of anilines is 4. The van der Waals surface area contributed by atoms with E-state index in [0.29, 0.717) is 59.0 Å². The van der Waals surface area contributed by atoms with Crippen molar-refractivity contribution in [2.45, 2.75) is 0 Å². The van der Waals surface area contributed by atoms with Gasteiger partial charge in [-0.2, -0.15) is 0 Å². The first kappa shape index (κ1) is 15.6. The zero-order chi connectivity index (χ0) is 17.2. The molecule has 1 saturated heterocycles. The first-order valence-electron chi connectivity index (χ1n) is 7.58. The van der Waals surface area contributed by atoms with Gasteiger partial charge in [-0.15, -0.1) is 10.2 Å². The third-order valence-electron chi connectivity index (χ3n) is 3.82. The molecule has 1 aromatic carbocycles. The summed E-state index contributed by atoms with van der Waals surface area (Å²) in [5, 5.41) is 23.4. The maximum Gasteiger partial charge on any atom is 0.214 e. The minimum atomic E-state index is 0.478. The molecule has 3 aromatic rings. The van der Waals surface area contributed by atoms with Gasteiger partial charge in [0.05, 0.1) is 31.2 Å². The highest BCUT2D eigenvalue weighted by Gasteiger charge is 2.23. The fourth-order valence-electron chi connectivity index (χ4n) is 2.68. The predicted molar refractivity (Wildman–Crippen MR) is 93.8 cm³/mol. The molecule has 2 N–H and O–H groups in total. The number of benzene rings is 1. The van der Waals surface area contributed by atoms with E-state index in [4.69, 9.17) is 15.9 Å². The Morgan fingerprint density at radius 2 is 1.96 bits per heavy atom. The van der Waals surface area contributed by atoms with Gasteiger partial charge in [-0.05, 0) is 16.4 Å². The van der Waals surface area contributed by atoms with Crippen LogP contribution in [0.15, 0.2) is 10.7 Å².